The number of nitrogens with zero attached hydrogens (tertiary/aromatic N) is 2. The second-order valence-corrected chi connectivity index (χ2v) is 6.09. The van der Waals surface area contributed by atoms with Crippen molar-refractivity contribution in [1.82, 2.24) is 10.2 Å². The van der Waals surface area contributed by atoms with Gasteiger partial charge in [0.1, 0.15) is 5.75 Å². The lowest BCUT2D eigenvalue weighted by Gasteiger charge is -2.40. The van der Waals surface area contributed by atoms with Crippen molar-refractivity contribution in [3.05, 3.63) is 24.3 Å². The van der Waals surface area contributed by atoms with Crippen LogP contribution in [0.3, 0.4) is 0 Å². The van der Waals surface area contributed by atoms with Gasteiger partial charge in [-0.15, -0.1) is 0 Å². The Labute approximate surface area is 128 Å². The normalized spacial score (nSPS) is 27.0. The van der Waals surface area contributed by atoms with Crippen LogP contribution in [0, 0.1) is 5.92 Å². The first-order valence-corrected chi connectivity index (χ1v) is 8.16. The lowest BCUT2D eigenvalue weighted by Crippen LogP contribution is -2.52. The van der Waals surface area contributed by atoms with E-state index in [-0.39, 0.29) is 0 Å². The van der Waals surface area contributed by atoms with Crippen molar-refractivity contribution in [3.8, 4) is 5.75 Å². The van der Waals surface area contributed by atoms with E-state index in [1.807, 2.05) is 6.07 Å². The third-order valence-corrected chi connectivity index (χ3v) is 5.04. The van der Waals surface area contributed by atoms with Crippen LogP contribution in [0.5, 0.6) is 5.75 Å². The molecule has 1 aromatic carbocycles. The number of piperazine rings is 1. The summed E-state index contributed by atoms with van der Waals surface area (Å²) in [6.07, 6.45) is 1.28. The Kier molecular flexibility index (Phi) is 4.66. The summed E-state index contributed by atoms with van der Waals surface area (Å²) in [6, 6.07) is 9.08. The second kappa shape index (κ2) is 6.67. The van der Waals surface area contributed by atoms with E-state index in [9.17, 15) is 0 Å². The summed E-state index contributed by atoms with van der Waals surface area (Å²) < 4.78 is 5.49. The third kappa shape index (κ3) is 3.01. The van der Waals surface area contributed by atoms with Crippen LogP contribution in [0.25, 0.3) is 0 Å². The van der Waals surface area contributed by atoms with Crippen LogP contribution in [0.1, 0.15) is 13.3 Å². The molecule has 0 bridgehead atoms. The van der Waals surface area contributed by atoms with Gasteiger partial charge in [-0.2, -0.15) is 0 Å². The van der Waals surface area contributed by atoms with Gasteiger partial charge in [0.2, 0.25) is 0 Å². The molecule has 4 heteroatoms. The first-order chi connectivity index (χ1) is 10.3. The van der Waals surface area contributed by atoms with Crippen molar-refractivity contribution >= 4 is 5.69 Å². The molecule has 21 heavy (non-hydrogen) atoms. The molecule has 4 nitrogen and oxygen atoms in total. The molecular weight excluding hydrogens is 262 g/mol. The summed E-state index contributed by atoms with van der Waals surface area (Å²) in [4.78, 5) is 5.14. The van der Waals surface area contributed by atoms with Crippen LogP contribution in [0.4, 0.5) is 5.69 Å². The van der Waals surface area contributed by atoms with Crippen LogP contribution < -0.4 is 15.0 Å². The van der Waals surface area contributed by atoms with Crippen molar-refractivity contribution in [2.24, 2.45) is 5.92 Å². The minimum atomic E-state index is 0.731. The number of ether oxygens (including phenoxy) is 1. The van der Waals surface area contributed by atoms with E-state index in [0.29, 0.717) is 0 Å². The number of methoxy groups -OCH3 is 1. The zero-order valence-corrected chi connectivity index (χ0v) is 13.2. The fourth-order valence-corrected chi connectivity index (χ4v) is 3.75. The number of para-hydroxylation sites is 2. The summed E-state index contributed by atoms with van der Waals surface area (Å²) in [5.74, 6) is 1.81. The molecule has 0 radical (unpaired) electrons. The average Bonchev–Trinajstić information content (AvgIpc) is 3.03. The minimum Gasteiger partial charge on any atom is -0.495 e. The van der Waals surface area contributed by atoms with E-state index in [4.69, 9.17) is 4.74 Å². The SMILES string of the molecule is CCC1CNCC1N1CCN(c2ccccc2OC)CC1. The molecule has 0 saturated carbocycles. The highest BCUT2D eigenvalue weighted by molar-refractivity contribution is 5.58. The van der Waals surface area contributed by atoms with Gasteiger partial charge < -0.3 is 15.0 Å². The Bertz CT molecular complexity index is 457. The molecule has 2 atom stereocenters. The summed E-state index contributed by atoms with van der Waals surface area (Å²) >= 11 is 0. The molecule has 2 aliphatic rings. The van der Waals surface area contributed by atoms with E-state index in [0.717, 1.165) is 50.4 Å². The fourth-order valence-electron chi connectivity index (χ4n) is 3.75. The number of hydrogen-bond donors (Lipinski definition) is 1. The van der Waals surface area contributed by atoms with Gasteiger partial charge >= 0.3 is 0 Å². The summed E-state index contributed by atoms with van der Waals surface area (Å²) in [6.45, 7) is 9.15. The molecule has 2 heterocycles. The molecule has 2 aliphatic heterocycles. The molecule has 2 unspecified atom stereocenters. The predicted molar refractivity (Wildman–Crippen MR) is 87.2 cm³/mol. The monoisotopic (exact) mass is 289 g/mol. The molecule has 0 aliphatic carbocycles. The summed E-state index contributed by atoms with van der Waals surface area (Å²) in [7, 11) is 1.76. The van der Waals surface area contributed by atoms with Gasteiger partial charge in [-0.25, -0.2) is 0 Å². The van der Waals surface area contributed by atoms with Gasteiger partial charge in [-0.1, -0.05) is 25.5 Å². The zero-order chi connectivity index (χ0) is 14.7. The fraction of sp³-hybridized carbons (Fsp3) is 0.647. The molecule has 1 N–H and O–H groups in total. The largest absolute Gasteiger partial charge is 0.495 e. The van der Waals surface area contributed by atoms with Crippen LogP contribution >= 0.6 is 0 Å². The molecule has 3 rings (SSSR count). The zero-order valence-electron chi connectivity index (χ0n) is 13.2. The van der Waals surface area contributed by atoms with Crippen molar-refractivity contribution < 1.29 is 4.74 Å². The topological polar surface area (TPSA) is 27.7 Å². The highest BCUT2D eigenvalue weighted by Crippen LogP contribution is 2.29. The lowest BCUT2D eigenvalue weighted by atomic mass is 9.98. The maximum absolute atomic E-state index is 5.49. The lowest BCUT2D eigenvalue weighted by molar-refractivity contribution is 0.160. The van der Waals surface area contributed by atoms with Gasteiger partial charge in [0, 0.05) is 38.8 Å². The predicted octanol–water partition coefficient (Wildman–Crippen LogP) is 1.82. The molecule has 2 fully saturated rings. The smallest absolute Gasteiger partial charge is 0.142 e. The van der Waals surface area contributed by atoms with Gasteiger partial charge in [0.15, 0.2) is 0 Å². The molecule has 0 spiro atoms. The highest BCUT2D eigenvalue weighted by atomic mass is 16.5. The van der Waals surface area contributed by atoms with Crippen molar-refractivity contribution in [3.63, 3.8) is 0 Å². The Morgan fingerprint density at radius 1 is 1.14 bits per heavy atom. The van der Waals surface area contributed by atoms with Crippen LogP contribution in [0.15, 0.2) is 24.3 Å². The molecule has 0 aromatic heterocycles. The van der Waals surface area contributed by atoms with Gasteiger partial charge in [-0.05, 0) is 24.6 Å². The van der Waals surface area contributed by atoms with Crippen molar-refractivity contribution in [2.45, 2.75) is 19.4 Å². The molecule has 116 valence electrons. The second-order valence-electron chi connectivity index (χ2n) is 6.09. The minimum absolute atomic E-state index is 0.731. The average molecular weight is 289 g/mol. The molecular formula is C17H27N3O. The highest BCUT2D eigenvalue weighted by Gasteiger charge is 2.32. The van der Waals surface area contributed by atoms with Crippen LogP contribution in [0.2, 0.25) is 0 Å². The van der Waals surface area contributed by atoms with Gasteiger partial charge in [0.05, 0.1) is 12.8 Å². The molecule has 2 saturated heterocycles. The van der Waals surface area contributed by atoms with Crippen molar-refractivity contribution in [2.75, 3.05) is 51.3 Å². The Balaban J connectivity index is 1.62. The van der Waals surface area contributed by atoms with E-state index >= 15 is 0 Å². The van der Waals surface area contributed by atoms with Gasteiger partial charge in [-0.3, -0.25) is 4.90 Å². The number of rotatable bonds is 4. The maximum Gasteiger partial charge on any atom is 0.142 e. The van der Waals surface area contributed by atoms with E-state index in [1.165, 1.54) is 18.7 Å². The number of anilines is 1. The van der Waals surface area contributed by atoms with E-state index in [2.05, 4.69) is 40.2 Å². The molecule has 0 amide bonds. The Hall–Kier alpha value is -1.26. The van der Waals surface area contributed by atoms with E-state index in [1.54, 1.807) is 7.11 Å². The summed E-state index contributed by atoms with van der Waals surface area (Å²) in [5.41, 5.74) is 1.23. The van der Waals surface area contributed by atoms with E-state index < -0.39 is 0 Å². The van der Waals surface area contributed by atoms with Crippen LogP contribution in [-0.4, -0.2) is 57.3 Å². The Morgan fingerprint density at radius 2 is 1.90 bits per heavy atom. The maximum atomic E-state index is 5.49. The Morgan fingerprint density at radius 3 is 2.62 bits per heavy atom. The van der Waals surface area contributed by atoms with Crippen LogP contribution in [-0.2, 0) is 0 Å². The third-order valence-electron chi connectivity index (χ3n) is 5.04. The molecule has 1 aromatic rings. The first-order valence-electron chi connectivity index (χ1n) is 8.16. The first kappa shape index (κ1) is 14.7. The summed E-state index contributed by atoms with van der Waals surface area (Å²) in [5, 5.41) is 3.56. The quantitative estimate of drug-likeness (QED) is 0.915. The van der Waals surface area contributed by atoms with Gasteiger partial charge in [0.25, 0.3) is 0 Å². The number of hydrogen-bond acceptors (Lipinski definition) is 4. The van der Waals surface area contributed by atoms with Crippen molar-refractivity contribution in [1.29, 1.82) is 0 Å². The standard InChI is InChI=1S/C17H27N3O/c1-3-14-12-18-13-16(14)20-10-8-19(9-11-20)15-6-4-5-7-17(15)21-2/h4-7,14,16,18H,3,8-13H2,1-2H3. The number of benzene rings is 1. The number of nitrogens with one attached hydrogen (secondary N) is 1.